The van der Waals surface area contributed by atoms with Crippen LogP contribution in [0.2, 0.25) is 0 Å². The minimum atomic E-state index is -0.368. The third-order valence-corrected chi connectivity index (χ3v) is 4.62. The summed E-state index contributed by atoms with van der Waals surface area (Å²) in [5.41, 5.74) is 2.24. The maximum absolute atomic E-state index is 13.0. The molecule has 6 nitrogen and oxygen atoms in total. The first kappa shape index (κ1) is 18.6. The maximum Gasteiger partial charge on any atom is 0.232 e. The molecule has 1 saturated heterocycles. The van der Waals surface area contributed by atoms with Crippen molar-refractivity contribution < 1.29 is 14.4 Å². The van der Waals surface area contributed by atoms with Crippen molar-refractivity contribution in [3.05, 3.63) is 54.6 Å². The van der Waals surface area contributed by atoms with E-state index < -0.39 is 0 Å². The molecule has 0 aromatic heterocycles. The molecule has 1 aliphatic rings. The fraction of sp³-hybridized carbons (Fsp3) is 0.286. The second kappa shape index (κ2) is 8.03. The van der Waals surface area contributed by atoms with Gasteiger partial charge in [0, 0.05) is 43.5 Å². The summed E-state index contributed by atoms with van der Waals surface area (Å²) in [4.78, 5) is 39.9. The van der Waals surface area contributed by atoms with Gasteiger partial charge in [-0.25, -0.2) is 0 Å². The number of nitrogens with one attached hydrogen (secondary N) is 1. The van der Waals surface area contributed by atoms with Crippen LogP contribution in [-0.4, -0.2) is 30.8 Å². The van der Waals surface area contributed by atoms with Gasteiger partial charge < -0.3 is 15.1 Å². The van der Waals surface area contributed by atoms with Gasteiger partial charge in [-0.05, 0) is 43.3 Å². The molecule has 0 saturated carbocycles. The standard InChI is InChI=1S/C21H23N3O3/c1-3-23(18-7-5-4-6-8-18)21(27)16-13-20(26)24(14-16)19-11-9-17(10-12-19)22-15(2)25/h4-12,16H,3,13-14H2,1-2H3,(H,22,25). The van der Waals surface area contributed by atoms with Gasteiger partial charge in [0.05, 0.1) is 5.92 Å². The smallest absolute Gasteiger partial charge is 0.232 e. The van der Waals surface area contributed by atoms with Crippen LogP contribution in [0.1, 0.15) is 20.3 Å². The molecule has 1 heterocycles. The zero-order chi connectivity index (χ0) is 19.4. The number of amides is 3. The van der Waals surface area contributed by atoms with Crippen LogP contribution in [0.15, 0.2) is 54.6 Å². The minimum Gasteiger partial charge on any atom is -0.326 e. The summed E-state index contributed by atoms with van der Waals surface area (Å²) in [5.74, 6) is -0.613. The Morgan fingerprint density at radius 3 is 2.37 bits per heavy atom. The fourth-order valence-electron chi connectivity index (χ4n) is 3.34. The van der Waals surface area contributed by atoms with Crippen LogP contribution in [0, 0.1) is 5.92 Å². The molecule has 0 spiro atoms. The van der Waals surface area contributed by atoms with Crippen LogP contribution in [0.25, 0.3) is 0 Å². The average Bonchev–Trinajstić information content (AvgIpc) is 3.05. The summed E-state index contributed by atoms with van der Waals surface area (Å²) in [6.07, 6.45) is 0.204. The molecule has 0 radical (unpaired) electrons. The van der Waals surface area contributed by atoms with Crippen LogP contribution in [0.5, 0.6) is 0 Å². The second-order valence-electron chi connectivity index (χ2n) is 6.55. The Morgan fingerprint density at radius 1 is 1.11 bits per heavy atom. The summed E-state index contributed by atoms with van der Waals surface area (Å²) in [6, 6.07) is 16.6. The molecular formula is C21H23N3O3. The number of benzene rings is 2. The summed E-state index contributed by atoms with van der Waals surface area (Å²) in [7, 11) is 0. The third kappa shape index (κ3) is 4.16. The van der Waals surface area contributed by atoms with Crippen LogP contribution < -0.4 is 15.1 Å². The fourth-order valence-corrected chi connectivity index (χ4v) is 3.34. The van der Waals surface area contributed by atoms with E-state index in [0.29, 0.717) is 18.8 Å². The number of hydrogen-bond acceptors (Lipinski definition) is 3. The molecule has 1 fully saturated rings. The topological polar surface area (TPSA) is 69.7 Å². The van der Waals surface area contributed by atoms with E-state index in [9.17, 15) is 14.4 Å². The van der Waals surface area contributed by atoms with E-state index in [2.05, 4.69) is 5.32 Å². The number of nitrogens with zero attached hydrogens (tertiary/aromatic N) is 2. The molecule has 140 valence electrons. The molecule has 1 aliphatic heterocycles. The first-order chi connectivity index (χ1) is 13.0. The molecule has 0 bridgehead atoms. The number of para-hydroxylation sites is 1. The van der Waals surface area contributed by atoms with Gasteiger partial charge in [-0.3, -0.25) is 14.4 Å². The van der Waals surface area contributed by atoms with Gasteiger partial charge in [0.1, 0.15) is 0 Å². The van der Waals surface area contributed by atoms with Crippen molar-refractivity contribution in [1.82, 2.24) is 0 Å². The summed E-state index contributed by atoms with van der Waals surface area (Å²) < 4.78 is 0. The van der Waals surface area contributed by atoms with Crippen LogP contribution in [0.3, 0.4) is 0 Å². The van der Waals surface area contributed by atoms with Crippen molar-refractivity contribution in [2.45, 2.75) is 20.3 Å². The second-order valence-corrected chi connectivity index (χ2v) is 6.55. The van der Waals surface area contributed by atoms with Crippen molar-refractivity contribution in [3.8, 4) is 0 Å². The number of carbonyl (C=O) groups excluding carboxylic acids is 3. The number of hydrogen-bond donors (Lipinski definition) is 1. The molecule has 2 aromatic rings. The van der Waals surface area contributed by atoms with Crippen LogP contribution in [-0.2, 0) is 14.4 Å². The Bertz CT molecular complexity index is 834. The monoisotopic (exact) mass is 365 g/mol. The Labute approximate surface area is 158 Å². The first-order valence-corrected chi connectivity index (χ1v) is 9.04. The minimum absolute atomic E-state index is 0.0329. The third-order valence-electron chi connectivity index (χ3n) is 4.62. The Kier molecular flexibility index (Phi) is 5.54. The predicted octanol–water partition coefficient (Wildman–Crippen LogP) is 3.05. The van der Waals surface area contributed by atoms with E-state index in [0.717, 1.165) is 11.4 Å². The molecule has 1 atom stereocenters. The predicted molar refractivity (Wildman–Crippen MR) is 106 cm³/mol. The Hall–Kier alpha value is -3.15. The molecular weight excluding hydrogens is 342 g/mol. The maximum atomic E-state index is 13.0. The molecule has 27 heavy (non-hydrogen) atoms. The van der Waals surface area contributed by atoms with E-state index in [-0.39, 0.29) is 30.1 Å². The molecule has 3 rings (SSSR count). The molecule has 3 amide bonds. The van der Waals surface area contributed by atoms with E-state index in [4.69, 9.17) is 0 Å². The van der Waals surface area contributed by atoms with Crippen molar-refractivity contribution in [3.63, 3.8) is 0 Å². The SMILES string of the molecule is CCN(C(=O)C1CC(=O)N(c2ccc(NC(C)=O)cc2)C1)c1ccccc1. The summed E-state index contributed by atoms with van der Waals surface area (Å²) in [6.45, 7) is 4.29. The van der Waals surface area contributed by atoms with Crippen LogP contribution >= 0.6 is 0 Å². The normalized spacial score (nSPS) is 16.3. The van der Waals surface area contributed by atoms with Gasteiger partial charge in [0.15, 0.2) is 0 Å². The molecule has 0 aliphatic carbocycles. The highest BCUT2D eigenvalue weighted by molar-refractivity contribution is 6.04. The van der Waals surface area contributed by atoms with Gasteiger partial charge in [-0.1, -0.05) is 18.2 Å². The lowest BCUT2D eigenvalue weighted by Crippen LogP contribution is -2.37. The van der Waals surface area contributed by atoms with Gasteiger partial charge in [-0.2, -0.15) is 0 Å². The largest absolute Gasteiger partial charge is 0.326 e. The zero-order valence-corrected chi connectivity index (χ0v) is 15.5. The Morgan fingerprint density at radius 2 is 1.78 bits per heavy atom. The number of rotatable bonds is 5. The lowest BCUT2D eigenvalue weighted by atomic mass is 10.1. The van der Waals surface area contributed by atoms with Gasteiger partial charge in [0.25, 0.3) is 0 Å². The highest BCUT2D eigenvalue weighted by Crippen LogP contribution is 2.28. The molecule has 2 aromatic carbocycles. The van der Waals surface area contributed by atoms with E-state index in [1.165, 1.54) is 6.92 Å². The number of anilines is 3. The van der Waals surface area contributed by atoms with Gasteiger partial charge >= 0.3 is 0 Å². The quantitative estimate of drug-likeness (QED) is 0.885. The lowest BCUT2D eigenvalue weighted by Gasteiger charge is -2.24. The molecule has 1 unspecified atom stereocenters. The van der Waals surface area contributed by atoms with Crippen molar-refractivity contribution >= 4 is 34.8 Å². The van der Waals surface area contributed by atoms with E-state index in [1.54, 1.807) is 34.1 Å². The van der Waals surface area contributed by atoms with E-state index >= 15 is 0 Å². The van der Waals surface area contributed by atoms with Gasteiger partial charge in [0.2, 0.25) is 17.7 Å². The molecule has 1 N–H and O–H groups in total. The van der Waals surface area contributed by atoms with Crippen LogP contribution in [0.4, 0.5) is 17.1 Å². The van der Waals surface area contributed by atoms with Gasteiger partial charge in [-0.15, -0.1) is 0 Å². The highest BCUT2D eigenvalue weighted by atomic mass is 16.2. The highest BCUT2D eigenvalue weighted by Gasteiger charge is 2.37. The van der Waals surface area contributed by atoms with Crippen molar-refractivity contribution in [2.24, 2.45) is 5.92 Å². The molecule has 6 heteroatoms. The van der Waals surface area contributed by atoms with Crippen molar-refractivity contribution in [2.75, 3.05) is 28.2 Å². The Balaban J connectivity index is 1.73. The zero-order valence-electron chi connectivity index (χ0n) is 15.5. The number of carbonyl (C=O) groups is 3. The summed E-state index contributed by atoms with van der Waals surface area (Å²) >= 11 is 0. The van der Waals surface area contributed by atoms with E-state index in [1.807, 2.05) is 37.3 Å². The van der Waals surface area contributed by atoms with Crippen molar-refractivity contribution in [1.29, 1.82) is 0 Å². The summed E-state index contributed by atoms with van der Waals surface area (Å²) in [5, 5.41) is 2.70. The lowest BCUT2D eigenvalue weighted by molar-refractivity contribution is -0.124. The first-order valence-electron chi connectivity index (χ1n) is 9.04. The average molecular weight is 365 g/mol.